The molecule has 0 unspecified atom stereocenters. The van der Waals surface area contributed by atoms with Crippen LogP contribution >= 0.6 is 15.9 Å². The lowest BCUT2D eigenvalue weighted by Gasteiger charge is -2.06. The number of hydrogen-bond donors (Lipinski definition) is 1. The van der Waals surface area contributed by atoms with E-state index in [1.807, 2.05) is 4.72 Å². The molecule has 0 aliphatic rings. The Labute approximate surface area is 102 Å². The van der Waals surface area contributed by atoms with Gasteiger partial charge in [0.25, 0.3) is 10.0 Å². The van der Waals surface area contributed by atoms with Crippen molar-refractivity contribution in [3.05, 3.63) is 24.3 Å². The minimum atomic E-state index is -3.78. The van der Waals surface area contributed by atoms with Gasteiger partial charge in [0.1, 0.15) is 5.75 Å². The van der Waals surface area contributed by atoms with Gasteiger partial charge >= 0.3 is 0 Å². The Kier molecular flexibility index (Phi) is 4.31. The Morgan fingerprint density at radius 3 is 2.38 bits per heavy atom. The van der Waals surface area contributed by atoms with Gasteiger partial charge in [-0.05, 0) is 24.3 Å². The predicted molar refractivity (Wildman–Crippen MR) is 62.1 cm³/mol. The molecule has 7 heteroatoms. The van der Waals surface area contributed by atoms with Crippen LogP contribution in [0.4, 0.5) is 0 Å². The molecule has 0 radical (unpaired) electrons. The molecule has 0 fully saturated rings. The summed E-state index contributed by atoms with van der Waals surface area (Å²) in [7, 11) is -2.30. The first-order chi connectivity index (χ1) is 7.49. The Hall–Kier alpha value is -1.08. The molecule has 0 atom stereocenters. The second kappa shape index (κ2) is 5.31. The molecule has 1 aromatic carbocycles. The molecular formula is C9H10BrNO4S. The van der Waals surface area contributed by atoms with Crippen molar-refractivity contribution in [2.45, 2.75) is 4.90 Å². The first-order valence-electron chi connectivity index (χ1n) is 4.25. The average molecular weight is 308 g/mol. The molecule has 0 aliphatic carbocycles. The smallest absolute Gasteiger partial charge is 0.264 e. The molecule has 1 rings (SSSR count). The Balaban J connectivity index is 2.94. The van der Waals surface area contributed by atoms with Crippen LogP contribution < -0.4 is 9.46 Å². The van der Waals surface area contributed by atoms with Gasteiger partial charge in [-0.3, -0.25) is 4.79 Å². The third kappa shape index (κ3) is 3.21. The van der Waals surface area contributed by atoms with E-state index in [0.717, 1.165) is 0 Å². The highest BCUT2D eigenvalue weighted by molar-refractivity contribution is 9.09. The number of halogens is 1. The normalized spacial score (nSPS) is 10.9. The standard InChI is InChI=1S/C9H10BrNO4S/c1-15-7-2-4-8(5-3-7)16(13,14)11-9(12)6-10/h2-5H,6H2,1H3,(H,11,12). The summed E-state index contributed by atoms with van der Waals surface area (Å²) < 4.78 is 30.0. The topological polar surface area (TPSA) is 72.5 Å². The summed E-state index contributed by atoms with van der Waals surface area (Å²) in [4.78, 5) is 11.0. The molecule has 1 amide bonds. The summed E-state index contributed by atoms with van der Waals surface area (Å²) in [5.74, 6) is -0.0680. The molecule has 0 heterocycles. The molecule has 1 aromatic rings. The van der Waals surface area contributed by atoms with Gasteiger partial charge in [0, 0.05) is 0 Å². The number of amides is 1. The Bertz CT molecular complexity index is 469. The molecule has 0 bridgehead atoms. The largest absolute Gasteiger partial charge is 0.497 e. The predicted octanol–water partition coefficient (Wildman–Crippen LogP) is 0.895. The van der Waals surface area contributed by atoms with Crippen LogP contribution in [0.3, 0.4) is 0 Å². The van der Waals surface area contributed by atoms with Gasteiger partial charge in [0.15, 0.2) is 0 Å². The van der Waals surface area contributed by atoms with Gasteiger partial charge in [-0.1, -0.05) is 15.9 Å². The van der Waals surface area contributed by atoms with Crippen LogP contribution in [0.15, 0.2) is 29.2 Å². The second-order valence-corrected chi connectivity index (χ2v) is 5.08. The highest BCUT2D eigenvalue weighted by Gasteiger charge is 2.16. The lowest BCUT2D eigenvalue weighted by molar-refractivity contribution is -0.116. The quantitative estimate of drug-likeness (QED) is 0.839. The van der Waals surface area contributed by atoms with Crippen molar-refractivity contribution in [1.29, 1.82) is 0 Å². The molecular weight excluding hydrogens is 298 g/mol. The molecule has 0 aromatic heterocycles. The van der Waals surface area contributed by atoms with E-state index in [-0.39, 0.29) is 10.2 Å². The second-order valence-electron chi connectivity index (χ2n) is 2.84. The number of rotatable bonds is 4. The molecule has 88 valence electrons. The third-order valence-corrected chi connectivity index (χ3v) is 3.64. The Morgan fingerprint density at radius 2 is 1.94 bits per heavy atom. The number of sulfonamides is 1. The molecule has 5 nitrogen and oxygen atoms in total. The summed E-state index contributed by atoms with van der Waals surface area (Å²) in [5, 5.41) is -0.0671. The van der Waals surface area contributed by atoms with Crippen LogP contribution in [0.5, 0.6) is 5.75 Å². The monoisotopic (exact) mass is 307 g/mol. The van der Waals surface area contributed by atoms with E-state index in [0.29, 0.717) is 5.75 Å². The van der Waals surface area contributed by atoms with E-state index in [9.17, 15) is 13.2 Å². The minimum absolute atomic E-state index is 0.0163. The van der Waals surface area contributed by atoms with Crippen LogP contribution in [0.2, 0.25) is 0 Å². The lowest BCUT2D eigenvalue weighted by Crippen LogP contribution is -2.31. The maximum absolute atomic E-state index is 11.6. The third-order valence-electron chi connectivity index (χ3n) is 1.74. The van der Waals surface area contributed by atoms with E-state index in [1.165, 1.54) is 31.4 Å². The van der Waals surface area contributed by atoms with Crippen LogP contribution in [0.25, 0.3) is 0 Å². The number of ether oxygens (including phenoxy) is 1. The fourth-order valence-electron chi connectivity index (χ4n) is 0.991. The number of hydrogen-bond acceptors (Lipinski definition) is 4. The van der Waals surface area contributed by atoms with E-state index >= 15 is 0 Å². The van der Waals surface area contributed by atoms with Gasteiger partial charge in [0.2, 0.25) is 5.91 Å². The summed E-state index contributed by atoms with van der Waals surface area (Å²) in [6.07, 6.45) is 0. The number of nitrogens with one attached hydrogen (secondary N) is 1. The van der Waals surface area contributed by atoms with Crippen LogP contribution in [0.1, 0.15) is 0 Å². The molecule has 0 saturated carbocycles. The molecule has 0 spiro atoms. The lowest BCUT2D eigenvalue weighted by atomic mass is 10.3. The van der Waals surface area contributed by atoms with Gasteiger partial charge in [-0.25, -0.2) is 13.1 Å². The van der Waals surface area contributed by atoms with Crippen molar-refractivity contribution in [2.75, 3.05) is 12.4 Å². The molecule has 1 N–H and O–H groups in total. The van der Waals surface area contributed by atoms with Crippen molar-refractivity contribution in [3.8, 4) is 5.75 Å². The zero-order valence-corrected chi connectivity index (χ0v) is 10.8. The number of methoxy groups -OCH3 is 1. The SMILES string of the molecule is COc1ccc(S(=O)(=O)NC(=O)CBr)cc1. The first kappa shape index (κ1) is 13.0. The number of carbonyl (C=O) groups is 1. The zero-order chi connectivity index (χ0) is 12.2. The maximum atomic E-state index is 11.6. The van der Waals surface area contributed by atoms with E-state index in [1.54, 1.807) is 0 Å². The zero-order valence-electron chi connectivity index (χ0n) is 8.44. The maximum Gasteiger partial charge on any atom is 0.264 e. The van der Waals surface area contributed by atoms with Crippen LogP contribution in [-0.2, 0) is 14.8 Å². The van der Waals surface area contributed by atoms with Crippen molar-refractivity contribution < 1.29 is 17.9 Å². The molecule has 0 aliphatic heterocycles. The Morgan fingerprint density at radius 1 is 1.38 bits per heavy atom. The fourth-order valence-corrected chi connectivity index (χ4v) is 2.30. The van der Waals surface area contributed by atoms with Crippen molar-refractivity contribution in [1.82, 2.24) is 4.72 Å². The highest BCUT2D eigenvalue weighted by Crippen LogP contribution is 2.15. The van der Waals surface area contributed by atoms with Crippen LogP contribution in [-0.4, -0.2) is 26.8 Å². The summed E-state index contributed by atoms with van der Waals surface area (Å²) >= 11 is 2.87. The van der Waals surface area contributed by atoms with Crippen molar-refractivity contribution in [2.24, 2.45) is 0 Å². The highest BCUT2D eigenvalue weighted by atomic mass is 79.9. The van der Waals surface area contributed by atoms with Crippen molar-refractivity contribution >= 4 is 31.9 Å². The van der Waals surface area contributed by atoms with Crippen LogP contribution in [0, 0.1) is 0 Å². The van der Waals surface area contributed by atoms with Gasteiger partial charge in [-0.15, -0.1) is 0 Å². The van der Waals surface area contributed by atoms with E-state index in [4.69, 9.17) is 4.74 Å². The summed E-state index contributed by atoms with van der Waals surface area (Å²) in [6.45, 7) is 0. The number of alkyl halides is 1. The fraction of sp³-hybridized carbons (Fsp3) is 0.222. The van der Waals surface area contributed by atoms with Crippen molar-refractivity contribution in [3.63, 3.8) is 0 Å². The van der Waals surface area contributed by atoms with E-state index in [2.05, 4.69) is 15.9 Å². The van der Waals surface area contributed by atoms with E-state index < -0.39 is 15.9 Å². The minimum Gasteiger partial charge on any atom is -0.497 e. The van der Waals surface area contributed by atoms with Gasteiger partial charge in [-0.2, -0.15) is 0 Å². The average Bonchev–Trinajstić information content (AvgIpc) is 2.28. The number of carbonyl (C=O) groups excluding carboxylic acids is 1. The molecule has 0 saturated heterocycles. The molecule has 16 heavy (non-hydrogen) atoms. The first-order valence-corrected chi connectivity index (χ1v) is 6.85. The van der Waals surface area contributed by atoms with Gasteiger partial charge < -0.3 is 4.74 Å². The number of benzene rings is 1. The summed E-state index contributed by atoms with van der Waals surface area (Å²) in [6, 6.07) is 5.74. The summed E-state index contributed by atoms with van der Waals surface area (Å²) in [5.41, 5.74) is 0. The van der Waals surface area contributed by atoms with Gasteiger partial charge in [0.05, 0.1) is 17.3 Å².